The van der Waals surface area contributed by atoms with E-state index >= 15 is 0 Å². The molecule has 1 rings (SSSR count). The SMILES string of the molecule is CCOC(=O)C(CC(=N)c1ccc(C#N)cn1)NC. The highest BCUT2D eigenvalue weighted by Gasteiger charge is 2.20. The predicted octanol–water partition coefficient (Wildman–Crippen LogP) is 0.862. The highest BCUT2D eigenvalue weighted by Crippen LogP contribution is 2.05. The second-order valence-electron chi connectivity index (χ2n) is 3.82. The van der Waals surface area contributed by atoms with E-state index in [1.165, 1.54) is 6.20 Å². The summed E-state index contributed by atoms with van der Waals surface area (Å²) < 4.78 is 4.91. The van der Waals surface area contributed by atoms with Crippen LogP contribution in [-0.2, 0) is 9.53 Å². The molecule has 0 saturated carbocycles. The third kappa shape index (κ3) is 4.16. The topological polar surface area (TPSA) is 98.9 Å². The van der Waals surface area contributed by atoms with Gasteiger partial charge in [0.1, 0.15) is 12.1 Å². The van der Waals surface area contributed by atoms with E-state index in [1.54, 1.807) is 26.1 Å². The standard InChI is InChI=1S/C13H16N4O2/c1-3-19-13(18)12(16-2)6-10(15)11-5-4-9(7-14)8-17-11/h4-5,8,12,15-16H,3,6H2,1-2H3. The zero-order valence-electron chi connectivity index (χ0n) is 10.9. The molecule has 0 spiro atoms. The van der Waals surface area contributed by atoms with Crippen LogP contribution >= 0.6 is 0 Å². The lowest BCUT2D eigenvalue weighted by atomic mass is 10.1. The number of likely N-dealkylation sites (N-methyl/N-ethyl adjacent to an activating group) is 1. The second kappa shape index (κ2) is 7.24. The monoisotopic (exact) mass is 260 g/mol. The van der Waals surface area contributed by atoms with Gasteiger partial charge in [0.05, 0.1) is 23.6 Å². The first-order valence-corrected chi connectivity index (χ1v) is 5.90. The van der Waals surface area contributed by atoms with Crippen molar-refractivity contribution in [3.8, 4) is 6.07 Å². The molecule has 1 unspecified atom stereocenters. The lowest BCUT2D eigenvalue weighted by molar-refractivity contribution is -0.145. The number of pyridine rings is 1. The molecule has 19 heavy (non-hydrogen) atoms. The first-order chi connectivity index (χ1) is 9.12. The molecule has 100 valence electrons. The summed E-state index contributed by atoms with van der Waals surface area (Å²) in [4.78, 5) is 15.6. The van der Waals surface area contributed by atoms with E-state index in [0.717, 1.165) is 0 Å². The minimum absolute atomic E-state index is 0.189. The van der Waals surface area contributed by atoms with Crippen molar-refractivity contribution < 1.29 is 9.53 Å². The number of hydrogen-bond acceptors (Lipinski definition) is 6. The van der Waals surface area contributed by atoms with Crippen molar-refractivity contribution in [2.75, 3.05) is 13.7 Å². The number of esters is 1. The highest BCUT2D eigenvalue weighted by molar-refractivity contribution is 5.99. The van der Waals surface area contributed by atoms with Crippen LogP contribution in [0.15, 0.2) is 18.3 Å². The van der Waals surface area contributed by atoms with Gasteiger partial charge in [-0.2, -0.15) is 5.26 Å². The molecule has 1 heterocycles. The third-order valence-corrected chi connectivity index (χ3v) is 2.53. The maximum Gasteiger partial charge on any atom is 0.323 e. The molecule has 6 nitrogen and oxygen atoms in total. The highest BCUT2D eigenvalue weighted by atomic mass is 16.5. The number of aromatic nitrogens is 1. The van der Waals surface area contributed by atoms with Crippen molar-refractivity contribution in [1.82, 2.24) is 10.3 Å². The van der Waals surface area contributed by atoms with Crippen molar-refractivity contribution in [3.05, 3.63) is 29.6 Å². The molecule has 2 N–H and O–H groups in total. The van der Waals surface area contributed by atoms with Gasteiger partial charge in [-0.25, -0.2) is 0 Å². The largest absolute Gasteiger partial charge is 0.465 e. The summed E-state index contributed by atoms with van der Waals surface area (Å²) in [5.41, 5.74) is 1.10. The smallest absolute Gasteiger partial charge is 0.323 e. The Morgan fingerprint density at radius 1 is 1.63 bits per heavy atom. The third-order valence-electron chi connectivity index (χ3n) is 2.53. The Morgan fingerprint density at radius 3 is 2.84 bits per heavy atom. The van der Waals surface area contributed by atoms with Crippen LogP contribution in [0, 0.1) is 16.7 Å². The van der Waals surface area contributed by atoms with Crippen LogP contribution in [0.5, 0.6) is 0 Å². The van der Waals surface area contributed by atoms with Crippen molar-refractivity contribution in [3.63, 3.8) is 0 Å². The molecule has 0 saturated heterocycles. The maximum atomic E-state index is 11.6. The zero-order chi connectivity index (χ0) is 14.3. The molecule has 0 aliphatic carbocycles. The Morgan fingerprint density at radius 2 is 2.37 bits per heavy atom. The van der Waals surface area contributed by atoms with Gasteiger partial charge in [-0.05, 0) is 26.1 Å². The number of nitrogens with one attached hydrogen (secondary N) is 2. The molecule has 0 bridgehead atoms. The molecule has 6 heteroatoms. The Bertz CT molecular complexity index is 490. The molecule has 0 amide bonds. The number of ether oxygens (including phenoxy) is 1. The molecule has 1 aromatic rings. The second-order valence-corrected chi connectivity index (χ2v) is 3.82. The molecule has 1 aromatic heterocycles. The van der Waals surface area contributed by atoms with Gasteiger partial charge in [0.15, 0.2) is 0 Å². The van der Waals surface area contributed by atoms with E-state index in [2.05, 4.69) is 10.3 Å². The number of rotatable bonds is 6. The van der Waals surface area contributed by atoms with Gasteiger partial charge in [0, 0.05) is 12.6 Å². The van der Waals surface area contributed by atoms with Crippen molar-refractivity contribution in [2.45, 2.75) is 19.4 Å². The number of carbonyl (C=O) groups is 1. The fraction of sp³-hybridized carbons (Fsp3) is 0.385. The van der Waals surface area contributed by atoms with Gasteiger partial charge >= 0.3 is 5.97 Å². The van der Waals surface area contributed by atoms with Crippen LogP contribution in [0.2, 0.25) is 0 Å². The summed E-state index contributed by atoms with van der Waals surface area (Å²) in [7, 11) is 1.64. The van der Waals surface area contributed by atoms with Crippen LogP contribution in [0.4, 0.5) is 0 Å². The zero-order valence-corrected chi connectivity index (χ0v) is 10.9. The molecule has 0 aromatic carbocycles. The fourth-order valence-corrected chi connectivity index (χ4v) is 1.49. The van der Waals surface area contributed by atoms with Crippen LogP contribution in [0.3, 0.4) is 0 Å². The van der Waals surface area contributed by atoms with E-state index < -0.39 is 6.04 Å². The number of nitrogens with zero attached hydrogens (tertiary/aromatic N) is 2. The quantitative estimate of drug-likeness (QED) is 0.584. The number of carbonyl (C=O) groups excluding carboxylic acids is 1. The molecular formula is C13H16N4O2. The van der Waals surface area contributed by atoms with Gasteiger partial charge in [0.25, 0.3) is 0 Å². The summed E-state index contributed by atoms with van der Waals surface area (Å²) in [6.45, 7) is 2.04. The van der Waals surface area contributed by atoms with Gasteiger partial charge in [0.2, 0.25) is 0 Å². The summed E-state index contributed by atoms with van der Waals surface area (Å²) >= 11 is 0. The van der Waals surface area contributed by atoms with E-state index in [0.29, 0.717) is 17.9 Å². The van der Waals surface area contributed by atoms with Crippen LogP contribution in [0.1, 0.15) is 24.6 Å². The van der Waals surface area contributed by atoms with E-state index in [-0.39, 0.29) is 18.1 Å². The van der Waals surface area contributed by atoms with Gasteiger partial charge in [-0.15, -0.1) is 0 Å². The van der Waals surface area contributed by atoms with Crippen LogP contribution < -0.4 is 5.32 Å². The summed E-state index contributed by atoms with van der Waals surface area (Å²) in [5, 5.41) is 19.4. The summed E-state index contributed by atoms with van der Waals surface area (Å²) in [6.07, 6.45) is 1.59. The number of nitriles is 1. The lowest BCUT2D eigenvalue weighted by Crippen LogP contribution is -2.37. The van der Waals surface area contributed by atoms with E-state index in [1.807, 2.05) is 6.07 Å². The Balaban J connectivity index is 2.71. The molecule has 0 aliphatic heterocycles. The minimum atomic E-state index is -0.565. The average Bonchev–Trinajstić information content (AvgIpc) is 2.44. The van der Waals surface area contributed by atoms with E-state index in [9.17, 15) is 4.79 Å². The van der Waals surface area contributed by atoms with Crippen LogP contribution in [0.25, 0.3) is 0 Å². The van der Waals surface area contributed by atoms with E-state index in [4.69, 9.17) is 15.4 Å². The van der Waals surface area contributed by atoms with Crippen LogP contribution in [-0.4, -0.2) is 36.4 Å². The van der Waals surface area contributed by atoms with Crippen molar-refractivity contribution in [2.24, 2.45) is 0 Å². The molecular weight excluding hydrogens is 244 g/mol. The fourth-order valence-electron chi connectivity index (χ4n) is 1.49. The normalized spacial score (nSPS) is 11.4. The first-order valence-electron chi connectivity index (χ1n) is 5.90. The Labute approximate surface area is 111 Å². The lowest BCUT2D eigenvalue weighted by Gasteiger charge is -2.14. The average molecular weight is 260 g/mol. The molecule has 1 atom stereocenters. The predicted molar refractivity (Wildman–Crippen MR) is 69.9 cm³/mol. The van der Waals surface area contributed by atoms with Gasteiger partial charge in [-0.1, -0.05) is 0 Å². The van der Waals surface area contributed by atoms with Crippen molar-refractivity contribution in [1.29, 1.82) is 10.7 Å². The summed E-state index contributed by atoms with van der Waals surface area (Å²) in [5.74, 6) is -0.386. The van der Waals surface area contributed by atoms with Gasteiger partial charge < -0.3 is 15.5 Å². The maximum absolute atomic E-state index is 11.6. The molecule has 0 radical (unpaired) electrons. The van der Waals surface area contributed by atoms with Gasteiger partial charge in [-0.3, -0.25) is 9.78 Å². The minimum Gasteiger partial charge on any atom is -0.465 e. The number of hydrogen-bond donors (Lipinski definition) is 2. The molecule has 0 fully saturated rings. The first kappa shape index (κ1) is 14.8. The summed E-state index contributed by atoms with van der Waals surface area (Å²) in [6, 6.07) is 4.58. The Hall–Kier alpha value is -2.26. The Kier molecular flexibility index (Phi) is 5.64. The van der Waals surface area contributed by atoms with Crippen molar-refractivity contribution >= 4 is 11.7 Å². The molecule has 0 aliphatic rings.